The van der Waals surface area contributed by atoms with Gasteiger partial charge in [0.2, 0.25) is 5.91 Å². The van der Waals surface area contributed by atoms with Gasteiger partial charge in [-0.15, -0.1) is 0 Å². The lowest BCUT2D eigenvalue weighted by Gasteiger charge is -2.24. The Labute approximate surface area is 149 Å². The second kappa shape index (κ2) is 7.47. The number of aryl methyl sites for hydroxylation is 1. The van der Waals surface area contributed by atoms with Crippen LogP contribution in [0.2, 0.25) is 0 Å². The minimum absolute atomic E-state index is 0.0317. The summed E-state index contributed by atoms with van der Waals surface area (Å²) in [6.45, 7) is 3.21. The Kier molecular flexibility index (Phi) is 5.11. The second-order valence-electron chi connectivity index (χ2n) is 5.98. The zero-order valence-corrected chi connectivity index (χ0v) is 14.0. The number of hydrogen-bond acceptors (Lipinski definition) is 3. The summed E-state index contributed by atoms with van der Waals surface area (Å²) in [4.78, 5) is 25.3. The number of alkyl halides is 2. The molecule has 1 aromatic carbocycles. The second-order valence-corrected chi connectivity index (χ2v) is 5.98. The Morgan fingerprint density at radius 3 is 2.96 bits per heavy atom. The Morgan fingerprint density at radius 1 is 1.42 bits per heavy atom. The monoisotopic (exact) mass is 360 g/mol. The molecule has 0 atom stereocenters. The molecule has 0 fully saturated rings. The van der Waals surface area contributed by atoms with Gasteiger partial charge in [0.05, 0.1) is 12.7 Å². The summed E-state index contributed by atoms with van der Waals surface area (Å²) in [5, 5.41) is 6.69. The fraction of sp³-hybridized carbons (Fsp3) is 0.278. The zero-order chi connectivity index (χ0) is 18.7. The van der Waals surface area contributed by atoms with Crippen molar-refractivity contribution in [1.82, 2.24) is 9.78 Å². The number of rotatable bonds is 6. The summed E-state index contributed by atoms with van der Waals surface area (Å²) in [6, 6.07) is 5.33. The summed E-state index contributed by atoms with van der Waals surface area (Å²) in [5.74, 6) is -0.345. The summed E-state index contributed by atoms with van der Waals surface area (Å²) in [5.41, 5.74) is 2.95. The number of nitrogens with zero attached hydrogens (tertiary/aromatic N) is 3. The Balaban J connectivity index is 1.84. The van der Waals surface area contributed by atoms with Crippen LogP contribution in [0.15, 0.2) is 43.2 Å². The average Bonchev–Trinajstić information content (AvgIpc) is 3.05. The normalized spacial score (nSPS) is 13.3. The minimum Gasteiger partial charge on any atom is -0.326 e. The van der Waals surface area contributed by atoms with Crippen LogP contribution < -0.4 is 10.2 Å². The number of fused-ring (bicyclic) bond motifs is 1. The van der Waals surface area contributed by atoms with E-state index < -0.39 is 13.0 Å². The van der Waals surface area contributed by atoms with E-state index in [2.05, 4.69) is 17.0 Å². The van der Waals surface area contributed by atoms with Gasteiger partial charge in [0.25, 0.3) is 12.3 Å². The van der Waals surface area contributed by atoms with Crippen LogP contribution in [0.5, 0.6) is 0 Å². The predicted octanol–water partition coefficient (Wildman–Crippen LogP) is 2.75. The summed E-state index contributed by atoms with van der Waals surface area (Å²) in [6.07, 6.45) is 2.65. The smallest absolute Gasteiger partial charge is 0.257 e. The Bertz CT molecular complexity index is 847. The van der Waals surface area contributed by atoms with Crippen molar-refractivity contribution in [2.45, 2.75) is 32.4 Å². The molecule has 0 unspecified atom stereocenters. The molecule has 1 aromatic heterocycles. The third kappa shape index (κ3) is 3.96. The van der Waals surface area contributed by atoms with Gasteiger partial charge in [-0.25, -0.2) is 8.78 Å². The predicted molar refractivity (Wildman–Crippen MR) is 93.0 cm³/mol. The number of halogens is 2. The number of anilines is 2. The molecule has 136 valence electrons. The van der Waals surface area contributed by atoms with Gasteiger partial charge < -0.3 is 10.2 Å². The van der Waals surface area contributed by atoms with E-state index in [0.29, 0.717) is 24.1 Å². The molecular weight excluding hydrogens is 342 g/mol. The highest BCUT2D eigenvalue weighted by Gasteiger charge is 2.19. The third-order valence-corrected chi connectivity index (χ3v) is 4.09. The van der Waals surface area contributed by atoms with E-state index in [1.165, 1.54) is 23.4 Å². The van der Waals surface area contributed by atoms with Gasteiger partial charge in [0.15, 0.2) is 0 Å². The van der Waals surface area contributed by atoms with Crippen LogP contribution in [0.4, 0.5) is 20.2 Å². The van der Waals surface area contributed by atoms with Crippen molar-refractivity contribution >= 4 is 23.2 Å². The van der Waals surface area contributed by atoms with Crippen molar-refractivity contribution < 1.29 is 18.4 Å². The molecule has 0 aliphatic carbocycles. The molecule has 0 radical (unpaired) electrons. The van der Waals surface area contributed by atoms with Gasteiger partial charge >= 0.3 is 0 Å². The van der Waals surface area contributed by atoms with Gasteiger partial charge in [-0.05, 0) is 36.3 Å². The summed E-state index contributed by atoms with van der Waals surface area (Å²) in [7, 11) is 0. The molecule has 6 nitrogen and oxygen atoms in total. The summed E-state index contributed by atoms with van der Waals surface area (Å²) >= 11 is 0. The highest BCUT2D eigenvalue weighted by atomic mass is 19.3. The zero-order valence-electron chi connectivity index (χ0n) is 14.0. The first-order chi connectivity index (χ1) is 12.5. The maximum atomic E-state index is 12.5. The maximum absolute atomic E-state index is 12.5. The largest absolute Gasteiger partial charge is 0.326 e. The van der Waals surface area contributed by atoms with E-state index in [9.17, 15) is 18.4 Å². The fourth-order valence-corrected chi connectivity index (χ4v) is 2.86. The van der Waals surface area contributed by atoms with Crippen molar-refractivity contribution in [3.63, 3.8) is 0 Å². The number of carbonyl (C=O) groups is 2. The van der Waals surface area contributed by atoms with Crippen LogP contribution in [0.25, 0.3) is 0 Å². The topological polar surface area (TPSA) is 67.2 Å². The van der Waals surface area contributed by atoms with Crippen molar-refractivity contribution in [2.75, 3.05) is 10.2 Å². The number of hydrogen-bond donors (Lipinski definition) is 1. The lowest BCUT2D eigenvalue weighted by Crippen LogP contribution is -2.29. The quantitative estimate of drug-likeness (QED) is 0.806. The molecule has 1 N–H and O–H groups in total. The first-order valence-electron chi connectivity index (χ1n) is 8.12. The number of nitrogens with one attached hydrogen (secondary N) is 1. The average molecular weight is 360 g/mol. The third-order valence-electron chi connectivity index (χ3n) is 4.09. The molecule has 0 saturated heterocycles. The molecule has 2 aromatic rings. The lowest BCUT2D eigenvalue weighted by atomic mass is 10.0. The standard InChI is InChI=1S/C18H18F2N4O2/c1-2-18(26)24(10-12-8-21-23(9-12)11-16(19)20)14-4-5-15-13(7-14)3-6-17(25)22-15/h2,4-5,7-9,16H,1,3,6,10-11H2,(H,22,25). The van der Waals surface area contributed by atoms with Crippen LogP contribution in [0, 0.1) is 0 Å². The Morgan fingerprint density at radius 2 is 2.23 bits per heavy atom. The van der Waals surface area contributed by atoms with E-state index >= 15 is 0 Å². The highest BCUT2D eigenvalue weighted by Crippen LogP contribution is 2.28. The van der Waals surface area contributed by atoms with Gasteiger partial charge in [0, 0.05) is 29.6 Å². The first kappa shape index (κ1) is 17.8. The number of benzene rings is 1. The molecule has 0 saturated carbocycles. The first-order valence-corrected chi connectivity index (χ1v) is 8.12. The van der Waals surface area contributed by atoms with Crippen molar-refractivity contribution in [3.05, 3.63) is 54.4 Å². The van der Waals surface area contributed by atoms with Gasteiger partial charge in [-0.3, -0.25) is 14.3 Å². The molecule has 8 heteroatoms. The van der Waals surface area contributed by atoms with E-state index in [-0.39, 0.29) is 18.4 Å². The molecule has 2 amide bonds. The van der Waals surface area contributed by atoms with Gasteiger partial charge in [-0.1, -0.05) is 6.58 Å². The summed E-state index contributed by atoms with van der Waals surface area (Å²) < 4.78 is 26.1. The maximum Gasteiger partial charge on any atom is 0.257 e. The van der Waals surface area contributed by atoms with Gasteiger partial charge in [-0.2, -0.15) is 5.10 Å². The van der Waals surface area contributed by atoms with E-state index in [1.807, 2.05) is 6.07 Å². The SMILES string of the molecule is C=CC(=O)N(Cc1cnn(CC(F)F)c1)c1ccc2c(c1)CCC(=O)N2. The van der Waals surface area contributed by atoms with Crippen LogP contribution in [-0.2, 0) is 29.1 Å². The molecule has 0 bridgehead atoms. The molecular formula is C18H18F2N4O2. The van der Waals surface area contributed by atoms with Crippen LogP contribution in [0.1, 0.15) is 17.5 Å². The number of amides is 2. The van der Waals surface area contributed by atoms with E-state index in [0.717, 1.165) is 15.9 Å². The molecule has 1 aliphatic heterocycles. The van der Waals surface area contributed by atoms with Gasteiger partial charge in [0.1, 0.15) is 6.54 Å². The van der Waals surface area contributed by atoms with Crippen molar-refractivity contribution in [3.8, 4) is 0 Å². The molecule has 26 heavy (non-hydrogen) atoms. The Hall–Kier alpha value is -3.03. The van der Waals surface area contributed by atoms with E-state index in [4.69, 9.17) is 0 Å². The van der Waals surface area contributed by atoms with Crippen LogP contribution in [0.3, 0.4) is 0 Å². The number of aromatic nitrogens is 2. The minimum atomic E-state index is -2.50. The molecule has 1 aliphatic rings. The van der Waals surface area contributed by atoms with E-state index in [1.54, 1.807) is 12.1 Å². The number of carbonyl (C=O) groups excluding carboxylic acids is 2. The van der Waals surface area contributed by atoms with Crippen LogP contribution in [-0.4, -0.2) is 28.0 Å². The van der Waals surface area contributed by atoms with Crippen molar-refractivity contribution in [2.24, 2.45) is 0 Å². The molecule has 2 heterocycles. The fourth-order valence-electron chi connectivity index (χ4n) is 2.86. The van der Waals surface area contributed by atoms with Crippen LogP contribution >= 0.6 is 0 Å². The van der Waals surface area contributed by atoms with Crippen molar-refractivity contribution in [1.29, 1.82) is 0 Å². The lowest BCUT2D eigenvalue weighted by molar-refractivity contribution is -0.116. The molecule has 0 spiro atoms. The molecule has 3 rings (SSSR count). The highest BCUT2D eigenvalue weighted by molar-refractivity contribution is 6.01.